The van der Waals surface area contributed by atoms with Crippen molar-refractivity contribution in [3.05, 3.63) is 10.6 Å². The molecule has 0 amide bonds. The Kier molecular flexibility index (Phi) is 5.33. The molecule has 2 N–H and O–H groups in total. The van der Waals surface area contributed by atoms with Crippen LogP contribution in [0.4, 0.5) is 5.13 Å². The van der Waals surface area contributed by atoms with Gasteiger partial charge in [0.25, 0.3) is 0 Å². The van der Waals surface area contributed by atoms with Gasteiger partial charge in [0.05, 0.1) is 12.7 Å². The Hall–Kier alpha value is -1.18. The topological polar surface area (TPSA) is 80.7 Å². The fourth-order valence-electron chi connectivity index (χ4n) is 1.27. The lowest BCUT2D eigenvalue weighted by Gasteiger charge is -2.14. The Bertz CT molecular complexity index is 380. The van der Waals surface area contributed by atoms with Crippen molar-refractivity contribution in [2.24, 2.45) is 0 Å². The van der Waals surface area contributed by atoms with E-state index in [2.05, 4.69) is 10.3 Å². The van der Waals surface area contributed by atoms with Gasteiger partial charge in [-0.3, -0.25) is 0 Å². The summed E-state index contributed by atoms with van der Waals surface area (Å²) in [5.41, 5.74) is 0.0956. The molecule has 6 nitrogen and oxygen atoms in total. The Morgan fingerprint density at radius 1 is 1.59 bits per heavy atom. The molecule has 0 saturated carbocycles. The van der Waals surface area contributed by atoms with Crippen LogP contribution in [0.5, 0.6) is 0 Å². The van der Waals surface area contributed by atoms with Gasteiger partial charge in [-0.1, -0.05) is 0 Å². The molecule has 1 aromatic heterocycles. The summed E-state index contributed by atoms with van der Waals surface area (Å²) in [7, 11) is 3.20. The van der Waals surface area contributed by atoms with Gasteiger partial charge in [0, 0.05) is 25.6 Å². The van der Waals surface area contributed by atoms with Crippen molar-refractivity contribution in [2.75, 3.05) is 32.7 Å². The van der Waals surface area contributed by atoms with Crippen LogP contribution in [0.15, 0.2) is 0 Å². The number of nitrogens with zero attached hydrogens (tertiary/aromatic N) is 1. The van der Waals surface area contributed by atoms with E-state index >= 15 is 0 Å². The molecule has 0 fully saturated rings. The largest absolute Gasteiger partial charge is 0.476 e. The molecule has 0 aromatic carbocycles. The minimum atomic E-state index is -1.01. The van der Waals surface area contributed by atoms with E-state index in [1.165, 1.54) is 11.3 Å². The maximum absolute atomic E-state index is 10.8. The van der Waals surface area contributed by atoms with E-state index in [4.69, 9.17) is 14.6 Å². The van der Waals surface area contributed by atoms with Crippen LogP contribution in [0, 0.1) is 6.92 Å². The summed E-state index contributed by atoms with van der Waals surface area (Å²) < 4.78 is 10.1. The van der Waals surface area contributed by atoms with Crippen molar-refractivity contribution < 1.29 is 19.4 Å². The number of hydrogen-bond acceptors (Lipinski definition) is 6. The average Bonchev–Trinajstić information content (AvgIpc) is 2.66. The number of rotatable bonds is 7. The number of aryl methyl sites for hydroxylation is 1. The number of anilines is 1. The molecule has 1 heterocycles. The highest BCUT2D eigenvalue weighted by atomic mass is 32.1. The Morgan fingerprint density at radius 2 is 2.29 bits per heavy atom. The van der Waals surface area contributed by atoms with Crippen molar-refractivity contribution in [2.45, 2.75) is 13.0 Å². The standard InChI is InChI=1S/C10H16N2O4S/c1-6-8(9(13)14)12-10(17-6)11-4-7(16-3)5-15-2/h7H,4-5H2,1-3H3,(H,11,12)(H,13,14). The molecular formula is C10H16N2O4S. The number of carbonyl (C=O) groups is 1. The molecule has 0 spiro atoms. The Morgan fingerprint density at radius 3 is 2.76 bits per heavy atom. The zero-order valence-corrected chi connectivity index (χ0v) is 10.8. The summed E-state index contributed by atoms with van der Waals surface area (Å²) in [6.45, 7) is 2.73. The van der Waals surface area contributed by atoms with Gasteiger partial charge in [-0.2, -0.15) is 0 Å². The summed E-state index contributed by atoms with van der Waals surface area (Å²) in [5.74, 6) is -1.01. The van der Waals surface area contributed by atoms with Crippen molar-refractivity contribution in [1.82, 2.24) is 4.98 Å². The number of carboxylic acid groups (broad SMARTS) is 1. The lowest BCUT2D eigenvalue weighted by Crippen LogP contribution is -2.26. The SMILES string of the molecule is COCC(CNc1nc(C(=O)O)c(C)s1)OC. The van der Waals surface area contributed by atoms with E-state index < -0.39 is 5.97 Å². The third-order valence-electron chi connectivity index (χ3n) is 2.17. The summed E-state index contributed by atoms with van der Waals surface area (Å²) in [5, 5.41) is 12.5. The molecule has 0 saturated heterocycles. The number of ether oxygens (including phenoxy) is 2. The van der Waals surface area contributed by atoms with Gasteiger partial charge in [0.1, 0.15) is 0 Å². The van der Waals surface area contributed by atoms with Crippen LogP contribution in [0.1, 0.15) is 15.4 Å². The maximum atomic E-state index is 10.8. The van der Waals surface area contributed by atoms with E-state index in [1.807, 2.05) is 0 Å². The lowest BCUT2D eigenvalue weighted by atomic mass is 10.4. The van der Waals surface area contributed by atoms with Gasteiger partial charge in [0.15, 0.2) is 10.8 Å². The second-order valence-corrected chi connectivity index (χ2v) is 4.63. The van der Waals surface area contributed by atoms with Crippen LogP contribution in [-0.4, -0.2) is 49.5 Å². The second kappa shape index (κ2) is 6.53. The molecule has 96 valence electrons. The molecule has 0 aliphatic rings. The fraction of sp³-hybridized carbons (Fsp3) is 0.600. The van der Waals surface area contributed by atoms with Crippen molar-refractivity contribution in [3.63, 3.8) is 0 Å². The van der Waals surface area contributed by atoms with Crippen molar-refractivity contribution >= 4 is 22.4 Å². The molecule has 0 bridgehead atoms. The first kappa shape index (κ1) is 13.9. The quantitative estimate of drug-likeness (QED) is 0.767. The highest BCUT2D eigenvalue weighted by Crippen LogP contribution is 2.21. The first-order chi connectivity index (χ1) is 8.08. The molecule has 17 heavy (non-hydrogen) atoms. The first-order valence-electron chi connectivity index (χ1n) is 5.04. The minimum absolute atomic E-state index is 0.0857. The summed E-state index contributed by atoms with van der Waals surface area (Å²) in [6, 6.07) is 0. The van der Waals surface area contributed by atoms with Gasteiger partial charge in [-0.15, -0.1) is 11.3 Å². The van der Waals surface area contributed by atoms with Crippen LogP contribution in [0.3, 0.4) is 0 Å². The van der Waals surface area contributed by atoms with Gasteiger partial charge < -0.3 is 19.9 Å². The lowest BCUT2D eigenvalue weighted by molar-refractivity contribution is 0.0365. The second-order valence-electron chi connectivity index (χ2n) is 3.42. The molecule has 0 aliphatic heterocycles. The predicted octanol–water partition coefficient (Wildman–Crippen LogP) is 1.22. The van der Waals surface area contributed by atoms with Crippen LogP contribution in [0.25, 0.3) is 0 Å². The van der Waals surface area contributed by atoms with Crippen LogP contribution in [-0.2, 0) is 9.47 Å². The van der Waals surface area contributed by atoms with Gasteiger partial charge in [-0.05, 0) is 6.92 Å². The van der Waals surface area contributed by atoms with E-state index in [9.17, 15) is 4.79 Å². The van der Waals surface area contributed by atoms with Gasteiger partial charge in [0.2, 0.25) is 0 Å². The zero-order valence-electron chi connectivity index (χ0n) is 10.0. The maximum Gasteiger partial charge on any atom is 0.355 e. The Labute approximate surface area is 104 Å². The van der Waals surface area contributed by atoms with Gasteiger partial charge in [-0.25, -0.2) is 9.78 Å². The molecule has 0 aliphatic carbocycles. The fourth-order valence-corrected chi connectivity index (χ4v) is 2.08. The van der Waals surface area contributed by atoms with Crippen LogP contribution in [0.2, 0.25) is 0 Å². The third kappa shape index (κ3) is 3.95. The van der Waals surface area contributed by atoms with E-state index in [0.717, 1.165) is 0 Å². The van der Waals surface area contributed by atoms with Crippen LogP contribution >= 0.6 is 11.3 Å². The van der Waals surface area contributed by atoms with Crippen molar-refractivity contribution in [1.29, 1.82) is 0 Å². The van der Waals surface area contributed by atoms with Crippen molar-refractivity contribution in [3.8, 4) is 0 Å². The Balaban J connectivity index is 2.57. The van der Waals surface area contributed by atoms with E-state index in [-0.39, 0.29) is 11.8 Å². The molecule has 1 rings (SSSR count). The number of aromatic carboxylic acids is 1. The summed E-state index contributed by atoms with van der Waals surface area (Å²) in [6.07, 6.45) is -0.0857. The van der Waals surface area contributed by atoms with Crippen LogP contribution < -0.4 is 5.32 Å². The molecular weight excluding hydrogens is 244 g/mol. The number of nitrogens with one attached hydrogen (secondary N) is 1. The van der Waals surface area contributed by atoms with E-state index in [1.54, 1.807) is 21.1 Å². The van der Waals surface area contributed by atoms with E-state index in [0.29, 0.717) is 23.2 Å². The minimum Gasteiger partial charge on any atom is -0.476 e. The molecule has 0 radical (unpaired) electrons. The predicted molar refractivity (Wildman–Crippen MR) is 65.0 cm³/mol. The monoisotopic (exact) mass is 260 g/mol. The molecule has 7 heteroatoms. The molecule has 1 aromatic rings. The number of thiazole rings is 1. The normalized spacial score (nSPS) is 12.4. The van der Waals surface area contributed by atoms with Gasteiger partial charge >= 0.3 is 5.97 Å². The molecule has 1 unspecified atom stereocenters. The molecule has 1 atom stereocenters. The highest BCUT2D eigenvalue weighted by Gasteiger charge is 2.14. The highest BCUT2D eigenvalue weighted by molar-refractivity contribution is 7.15. The summed E-state index contributed by atoms with van der Waals surface area (Å²) >= 11 is 1.31. The smallest absolute Gasteiger partial charge is 0.355 e. The summed E-state index contributed by atoms with van der Waals surface area (Å²) in [4.78, 5) is 15.5. The third-order valence-corrected chi connectivity index (χ3v) is 3.09. The number of aromatic nitrogens is 1. The first-order valence-corrected chi connectivity index (χ1v) is 5.86. The zero-order chi connectivity index (χ0) is 12.8. The number of methoxy groups -OCH3 is 2. The number of hydrogen-bond donors (Lipinski definition) is 2. The average molecular weight is 260 g/mol. The number of carboxylic acids is 1.